The highest BCUT2D eigenvalue weighted by molar-refractivity contribution is 7.80. The third-order valence-corrected chi connectivity index (χ3v) is 2.86. The average Bonchev–Trinajstić information content (AvgIpc) is 2.34. The van der Waals surface area contributed by atoms with E-state index in [1.54, 1.807) is 4.90 Å². The van der Waals surface area contributed by atoms with Gasteiger partial charge < -0.3 is 15.7 Å². The van der Waals surface area contributed by atoms with E-state index in [4.69, 9.17) is 10.8 Å². The van der Waals surface area contributed by atoms with Crippen LogP contribution >= 0.6 is 12.2 Å². The minimum Gasteiger partial charge on any atom is -0.396 e. The first kappa shape index (κ1) is 14.8. The van der Waals surface area contributed by atoms with Gasteiger partial charge in [0.25, 0.3) is 0 Å². The lowest BCUT2D eigenvalue weighted by Crippen LogP contribution is -2.26. The molecule has 0 heterocycles. The molecule has 1 rings (SSSR count). The molecule has 0 aromatic heterocycles. The fourth-order valence-electron chi connectivity index (χ4n) is 1.68. The molecule has 0 atom stereocenters. The molecule has 1 aromatic carbocycles. The summed E-state index contributed by atoms with van der Waals surface area (Å²) in [7, 11) is 0. The molecule has 1 aromatic rings. The zero-order chi connectivity index (χ0) is 13.7. The molecule has 0 radical (unpaired) electrons. The van der Waals surface area contributed by atoms with E-state index in [2.05, 4.69) is 12.2 Å². The molecule has 3 N–H and O–H groups in total. The van der Waals surface area contributed by atoms with Crippen molar-refractivity contribution in [3.05, 3.63) is 29.3 Å². The summed E-state index contributed by atoms with van der Waals surface area (Å²) in [5, 5.41) is 8.77. The first-order chi connectivity index (χ1) is 8.52. The topological polar surface area (TPSA) is 49.5 Å². The zero-order valence-electron chi connectivity index (χ0n) is 10.1. The summed E-state index contributed by atoms with van der Waals surface area (Å²) < 4.78 is 27.6. The van der Waals surface area contributed by atoms with Crippen LogP contribution in [0.1, 0.15) is 18.9 Å². The Morgan fingerprint density at radius 1 is 1.39 bits per heavy atom. The number of hydrogen-bond donors (Lipinski definition) is 2. The number of nitrogens with two attached hydrogens (primary N) is 1. The molecule has 0 saturated carbocycles. The predicted octanol–water partition coefficient (Wildman–Crippen LogP) is 1.81. The van der Waals surface area contributed by atoms with Crippen LogP contribution < -0.4 is 10.6 Å². The second-order valence-corrected chi connectivity index (χ2v) is 4.22. The van der Waals surface area contributed by atoms with E-state index >= 15 is 0 Å². The Labute approximate surface area is 110 Å². The van der Waals surface area contributed by atoms with Gasteiger partial charge in [-0.25, -0.2) is 8.78 Å². The molecule has 0 aliphatic heterocycles. The molecule has 0 unspecified atom stereocenters. The number of aliphatic hydroxyl groups is 1. The molecular weight excluding hydrogens is 258 g/mol. The minimum absolute atomic E-state index is 0.00553. The van der Waals surface area contributed by atoms with Gasteiger partial charge in [0.1, 0.15) is 4.99 Å². The largest absolute Gasteiger partial charge is 0.396 e. The molecule has 3 nitrogen and oxygen atoms in total. The van der Waals surface area contributed by atoms with Crippen molar-refractivity contribution in [2.45, 2.75) is 13.3 Å². The number of halogens is 2. The van der Waals surface area contributed by atoms with Gasteiger partial charge in [-0.2, -0.15) is 0 Å². The number of thiocarbonyl (C=S) groups is 1. The summed E-state index contributed by atoms with van der Waals surface area (Å²) in [6.07, 6.45) is 0.492. The zero-order valence-corrected chi connectivity index (χ0v) is 10.9. The van der Waals surface area contributed by atoms with Gasteiger partial charge in [-0.05, 0) is 25.5 Å². The molecule has 100 valence electrons. The second-order valence-electron chi connectivity index (χ2n) is 3.78. The normalized spacial score (nSPS) is 10.4. The van der Waals surface area contributed by atoms with Crippen LogP contribution in [0.25, 0.3) is 0 Å². The maximum atomic E-state index is 13.9. The summed E-state index contributed by atoms with van der Waals surface area (Å²) in [6.45, 7) is 2.81. The van der Waals surface area contributed by atoms with Gasteiger partial charge in [0, 0.05) is 25.3 Å². The Kier molecular flexibility index (Phi) is 5.43. The lowest BCUT2D eigenvalue weighted by Gasteiger charge is -2.23. The fourth-order valence-corrected chi connectivity index (χ4v) is 1.84. The molecule has 18 heavy (non-hydrogen) atoms. The first-order valence-electron chi connectivity index (χ1n) is 5.66. The van der Waals surface area contributed by atoms with Gasteiger partial charge in [-0.3, -0.25) is 0 Å². The van der Waals surface area contributed by atoms with Crippen LogP contribution in [0.15, 0.2) is 12.1 Å². The number of anilines is 1. The van der Waals surface area contributed by atoms with Crippen molar-refractivity contribution in [3.63, 3.8) is 0 Å². The van der Waals surface area contributed by atoms with Gasteiger partial charge in [0.15, 0.2) is 11.6 Å². The van der Waals surface area contributed by atoms with Gasteiger partial charge >= 0.3 is 0 Å². The molecule has 0 aliphatic carbocycles. The Balaban J connectivity index is 3.09. The lowest BCUT2D eigenvalue weighted by molar-refractivity contribution is 0.289. The Morgan fingerprint density at radius 2 is 2.06 bits per heavy atom. The lowest BCUT2D eigenvalue weighted by atomic mass is 10.1. The summed E-state index contributed by atoms with van der Waals surface area (Å²) in [4.78, 5) is 1.48. The molecule has 0 bridgehead atoms. The SMILES string of the molecule is CCN(CCCO)c1ccc(C(N)=S)c(F)c1F. The third kappa shape index (κ3) is 3.14. The Hall–Kier alpha value is -1.27. The summed E-state index contributed by atoms with van der Waals surface area (Å²) in [6, 6.07) is 2.82. The number of rotatable bonds is 6. The van der Waals surface area contributed by atoms with E-state index in [1.165, 1.54) is 12.1 Å². The van der Waals surface area contributed by atoms with Crippen LogP contribution in [0, 0.1) is 11.6 Å². The van der Waals surface area contributed by atoms with Crippen LogP contribution in [-0.4, -0.2) is 29.8 Å². The van der Waals surface area contributed by atoms with Crippen LogP contribution in [-0.2, 0) is 0 Å². The molecule has 0 amide bonds. The standard InChI is InChI=1S/C12H16F2N2OS/c1-2-16(6-3-7-17)9-5-4-8(12(15)18)10(13)11(9)14/h4-5,17H,2-3,6-7H2,1H3,(H2,15,18). The fraction of sp³-hybridized carbons (Fsp3) is 0.417. The smallest absolute Gasteiger partial charge is 0.182 e. The van der Waals surface area contributed by atoms with Crippen molar-refractivity contribution in [2.75, 3.05) is 24.6 Å². The maximum Gasteiger partial charge on any atom is 0.182 e. The highest BCUT2D eigenvalue weighted by Crippen LogP contribution is 2.24. The molecule has 0 spiro atoms. The van der Waals surface area contributed by atoms with Crippen molar-refractivity contribution < 1.29 is 13.9 Å². The highest BCUT2D eigenvalue weighted by Gasteiger charge is 2.18. The van der Waals surface area contributed by atoms with Crippen molar-refractivity contribution in [2.24, 2.45) is 5.73 Å². The van der Waals surface area contributed by atoms with E-state index < -0.39 is 11.6 Å². The van der Waals surface area contributed by atoms with Gasteiger partial charge in [-0.15, -0.1) is 0 Å². The quantitative estimate of drug-likeness (QED) is 0.777. The van der Waals surface area contributed by atoms with E-state index in [0.29, 0.717) is 19.5 Å². The summed E-state index contributed by atoms with van der Waals surface area (Å²) in [5.41, 5.74) is 5.36. The number of benzene rings is 1. The summed E-state index contributed by atoms with van der Waals surface area (Å²) in [5.74, 6) is -1.98. The van der Waals surface area contributed by atoms with E-state index in [-0.39, 0.29) is 22.8 Å². The van der Waals surface area contributed by atoms with E-state index in [9.17, 15) is 8.78 Å². The average molecular weight is 274 g/mol. The van der Waals surface area contributed by atoms with Crippen LogP contribution in [0.5, 0.6) is 0 Å². The van der Waals surface area contributed by atoms with Crippen molar-refractivity contribution in [1.29, 1.82) is 0 Å². The number of nitrogens with zero attached hydrogens (tertiary/aromatic N) is 1. The van der Waals surface area contributed by atoms with E-state index in [1.807, 2.05) is 6.92 Å². The molecule has 6 heteroatoms. The number of aliphatic hydroxyl groups excluding tert-OH is 1. The summed E-state index contributed by atoms with van der Waals surface area (Å²) >= 11 is 4.64. The van der Waals surface area contributed by atoms with Crippen molar-refractivity contribution >= 4 is 22.9 Å². The monoisotopic (exact) mass is 274 g/mol. The van der Waals surface area contributed by atoms with Crippen LogP contribution in [0.4, 0.5) is 14.5 Å². The minimum atomic E-state index is -1.03. The van der Waals surface area contributed by atoms with Gasteiger partial charge in [-0.1, -0.05) is 12.2 Å². The van der Waals surface area contributed by atoms with Gasteiger partial charge in [0.2, 0.25) is 0 Å². The second kappa shape index (κ2) is 6.61. The Bertz CT molecular complexity index is 440. The van der Waals surface area contributed by atoms with Crippen LogP contribution in [0.3, 0.4) is 0 Å². The third-order valence-electron chi connectivity index (χ3n) is 2.64. The van der Waals surface area contributed by atoms with Gasteiger partial charge in [0.05, 0.1) is 5.69 Å². The maximum absolute atomic E-state index is 13.9. The molecular formula is C12H16F2N2OS. The predicted molar refractivity (Wildman–Crippen MR) is 71.8 cm³/mol. The van der Waals surface area contributed by atoms with Crippen LogP contribution in [0.2, 0.25) is 0 Å². The first-order valence-corrected chi connectivity index (χ1v) is 6.07. The molecule has 0 aliphatic rings. The van der Waals surface area contributed by atoms with E-state index in [0.717, 1.165) is 0 Å². The van der Waals surface area contributed by atoms with Crippen molar-refractivity contribution in [1.82, 2.24) is 0 Å². The van der Waals surface area contributed by atoms with Crippen molar-refractivity contribution in [3.8, 4) is 0 Å². The highest BCUT2D eigenvalue weighted by atomic mass is 32.1. The molecule has 0 saturated heterocycles. The Morgan fingerprint density at radius 3 is 2.56 bits per heavy atom. The number of hydrogen-bond acceptors (Lipinski definition) is 3. The molecule has 0 fully saturated rings.